The van der Waals surface area contributed by atoms with Gasteiger partial charge in [-0.2, -0.15) is 0 Å². The predicted molar refractivity (Wildman–Crippen MR) is 46.4 cm³/mol. The summed E-state index contributed by atoms with van der Waals surface area (Å²) in [7, 11) is 2.93. The molecular weight excluding hydrogens is 172 g/mol. The zero-order valence-corrected chi connectivity index (χ0v) is 8.49. The van der Waals surface area contributed by atoms with E-state index in [0.29, 0.717) is 6.42 Å². The minimum absolute atomic E-state index is 0.192. The lowest BCUT2D eigenvalue weighted by molar-refractivity contribution is -0.161. The highest BCUT2D eigenvalue weighted by Crippen LogP contribution is 2.31. The van der Waals surface area contributed by atoms with Crippen molar-refractivity contribution in [2.75, 3.05) is 14.2 Å². The Labute approximate surface area is 78.2 Å². The molecule has 0 N–H and O–H groups in total. The number of carbonyl (C=O) groups excluding carboxylic acids is 1. The Kier molecular flexibility index (Phi) is 2.93. The van der Waals surface area contributed by atoms with Crippen molar-refractivity contribution in [2.45, 2.75) is 38.1 Å². The van der Waals surface area contributed by atoms with Crippen molar-refractivity contribution < 1.29 is 19.0 Å². The van der Waals surface area contributed by atoms with Crippen LogP contribution in [0.1, 0.15) is 20.3 Å². The van der Waals surface area contributed by atoms with Gasteiger partial charge in [0.15, 0.2) is 6.10 Å². The van der Waals surface area contributed by atoms with Crippen LogP contribution in [0.15, 0.2) is 0 Å². The van der Waals surface area contributed by atoms with Gasteiger partial charge in [0.2, 0.25) is 0 Å². The van der Waals surface area contributed by atoms with Crippen molar-refractivity contribution in [3.63, 3.8) is 0 Å². The first kappa shape index (κ1) is 10.5. The molecule has 0 aromatic carbocycles. The molecule has 1 aliphatic rings. The molecule has 1 aliphatic heterocycles. The standard InChI is InChI=1S/C9H16O4/c1-9(2)5-6(11-3)7(13-9)8(10)12-4/h6-7H,5H2,1-4H3/t6-,7-/m1/s1. The Morgan fingerprint density at radius 2 is 2.08 bits per heavy atom. The molecule has 1 fully saturated rings. The van der Waals surface area contributed by atoms with E-state index < -0.39 is 6.10 Å². The molecule has 1 rings (SSSR count). The Hall–Kier alpha value is -0.610. The van der Waals surface area contributed by atoms with Crippen LogP contribution in [0, 0.1) is 0 Å². The van der Waals surface area contributed by atoms with Gasteiger partial charge in [-0.25, -0.2) is 4.79 Å². The molecule has 0 aromatic rings. The first-order valence-electron chi connectivity index (χ1n) is 4.28. The summed E-state index contributed by atoms with van der Waals surface area (Å²) in [6, 6.07) is 0. The Morgan fingerprint density at radius 3 is 2.54 bits per heavy atom. The van der Waals surface area contributed by atoms with Crippen molar-refractivity contribution in [1.82, 2.24) is 0 Å². The van der Waals surface area contributed by atoms with Crippen molar-refractivity contribution >= 4 is 5.97 Å². The predicted octanol–water partition coefficient (Wildman–Crippen LogP) is 0.742. The highest BCUT2D eigenvalue weighted by Gasteiger charge is 2.45. The minimum Gasteiger partial charge on any atom is -0.467 e. The number of hydrogen-bond acceptors (Lipinski definition) is 4. The number of hydrogen-bond donors (Lipinski definition) is 0. The number of carbonyl (C=O) groups is 1. The van der Waals surface area contributed by atoms with Gasteiger partial charge in [0.05, 0.1) is 18.8 Å². The van der Waals surface area contributed by atoms with Crippen LogP contribution in [0.5, 0.6) is 0 Å². The number of ether oxygens (including phenoxy) is 3. The van der Waals surface area contributed by atoms with Gasteiger partial charge in [-0.1, -0.05) is 0 Å². The molecule has 76 valence electrons. The van der Waals surface area contributed by atoms with Crippen molar-refractivity contribution in [2.24, 2.45) is 0 Å². The van der Waals surface area contributed by atoms with E-state index in [1.807, 2.05) is 13.8 Å². The first-order valence-corrected chi connectivity index (χ1v) is 4.28. The summed E-state index contributed by atoms with van der Waals surface area (Å²) in [6.07, 6.45) is -0.0593. The van der Waals surface area contributed by atoms with Crippen LogP contribution in [0.2, 0.25) is 0 Å². The average molecular weight is 188 g/mol. The Bertz CT molecular complexity index is 200. The lowest BCUT2D eigenvalue weighted by Gasteiger charge is -2.17. The maximum Gasteiger partial charge on any atom is 0.337 e. The van der Waals surface area contributed by atoms with E-state index in [1.165, 1.54) is 7.11 Å². The normalized spacial score (nSPS) is 31.7. The van der Waals surface area contributed by atoms with Gasteiger partial charge in [0.1, 0.15) is 0 Å². The van der Waals surface area contributed by atoms with Gasteiger partial charge < -0.3 is 14.2 Å². The molecule has 0 spiro atoms. The minimum atomic E-state index is -0.579. The third kappa shape index (κ3) is 2.19. The molecule has 1 saturated heterocycles. The number of esters is 1. The third-order valence-electron chi connectivity index (χ3n) is 2.21. The van der Waals surface area contributed by atoms with E-state index >= 15 is 0 Å². The number of rotatable bonds is 2. The van der Waals surface area contributed by atoms with Crippen LogP contribution in [-0.2, 0) is 19.0 Å². The zero-order chi connectivity index (χ0) is 10.1. The topological polar surface area (TPSA) is 44.8 Å². The molecule has 1 heterocycles. The summed E-state index contributed by atoms with van der Waals surface area (Å²) in [4.78, 5) is 11.2. The van der Waals surface area contributed by atoms with Crippen LogP contribution in [0.25, 0.3) is 0 Å². The average Bonchev–Trinajstić information content (AvgIpc) is 2.39. The SMILES string of the molecule is COC(=O)[C@@H]1OC(C)(C)C[C@H]1OC. The molecule has 2 atom stereocenters. The summed E-state index contributed by atoms with van der Waals surface area (Å²) in [5.74, 6) is -0.363. The summed E-state index contributed by atoms with van der Waals surface area (Å²) in [5, 5.41) is 0. The monoisotopic (exact) mass is 188 g/mol. The van der Waals surface area contributed by atoms with Crippen molar-refractivity contribution in [3.05, 3.63) is 0 Å². The van der Waals surface area contributed by atoms with Crippen LogP contribution in [-0.4, -0.2) is 38.0 Å². The second-order valence-electron chi connectivity index (χ2n) is 3.80. The van der Waals surface area contributed by atoms with Gasteiger partial charge in [-0.05, 0) is 13.8 Å². The Balaban J connectivity index is 2.69. The molecule has 0 aliphatic carbocycles. The molecule has 4 heteroatoms. The fourth-order valence-corrected chi connectivity index (χ4v) is 1.58. The molecule has 0 saturated carbocycles. The van der Waals surface area contributed by atoms with E-state index in [0.717, 1.165) is 0 Å². The second-order valence-corrected chi connectivity index (χ2v) is 3.80. The van der Waals surface area contributed by atoms with E-state index in [2.05, 4.69) is 4.74 Å². The molecule has 0 unspecified atom stereocenters. The van der Waals surface area contributed by atoms with Gasteiger partial charge in [-0.3, -0.25) is 0 Å². The van der Waals surface area contributed by atoms with Crippen LogP contribution in [0.4, 0.5) is 0 Å². The van der Waals surface area contributed by atoms with Gasteiger partial charge in [0, 0.05) is 13.5 Å². The first-order chi connectivity index (χ1) is 6.00. The zero-order valence-electron chi connectivity index (χ0n) is 8.49. The maximum atomic E-state index is 11.2. The van der Waals surface area contributed by atoms with Crippen LogP contribution < -0.4 is 0 Å². The van der Waals surface area contributed by atoms with Crippen molar-refractivity contribution in [3.8, 4) is 0 Å². The van der Waals surface area contributed by atoms with Gasteiger partial charge >= 0.3 is 5.97 Å². The molecule has 4 nitrogen and oxygen atoms in total. The summed E-state index contributed by atoms with van der Waals surface area (Å²) in [6.45, 7) is 3.86. The fraction of sp³-hybridized carbons (Fsp3) is 0.889. The third-order valence-corrected chi connectivity index (χ3v) is 2.21. The Morgan fingerprint density at radius 1 is 1.46 bits per heavy atom. The molecular formula is C9H16O4. The highest BCUT2D eigenvalue weighted by atomic mass is 16.6. The highest BCUT2D eigenvalue weighted by molar-refractivity contribution is 5.75. The molecule has 0 aromatic heterocycles. The maximum absolute atomic E-state index is 11.2. The largest absolute Gasteiger partial charge is 0.467 e. The quantitative estimate of drug-likeness (QED) is 0.600. The molecule has 0 radical (unpaired) electrons. The van der Waals surface area contributed by atoms with E-state index in [4.69, 9.17) is 9.47 Å². The molecule has 0 bridgehead atoms. The van der Waals surface area contributed by atoms with E-state index in [9.17, 15) is 4.79 Å². The lowest BCUT2D eigenvalue weighted by Crippen LogP contribution is -2.33. The van der Waals surface area contributed by atoms with Gasteiger partial charge in [-0.15, -0.1) is 0 Å². The summed E-state index contributed by atoms with van der Waals surface area (Å²) in [5.41, 5.74) is -0.306. The van der Waals surface area contributed by atoms with Crippen molar-refractivity contribution in [1.29, 1.82) is 0 Å². The lowest BCUT2D eigenvalue weighted by atomic mass is 10.0. The van der Waals surface area contributed by atoms with Gasteiger partial charge in [0.25, 0.3) is 0 Å². The van der Waals surface area contributed by atoms with E-state index in [-0.39, 0.29) is 17.7 Å². The van der Waals surface area contributed by atoms with Crippen LogP contribution >= 0.6 is 0 Å². The van der Waals surface area contributed by atoms with E-state index in [1.54, 1.807) is 7.11 Å². The molecule has 0 amide bonds. The summed E-state index contributed by atoms with van der Waals surface area (Å²) >= 11 is 0. The molecule has 13 heavy (non-hydrogen) atoms. The second kappa shape index (κ2) is 3.64. The smallest absolute Gasteiger partial charge is 0.337 e. The fourth-order valence-electron chi connectivity index (χ4n) is 1.58. The summed E-state index contributed by atoms with van der Waals surface area (Å²) < 4.78 is 15.3. The van der Waals surface area contributed by atoms with Crippen LogP contribution in [0.3, 0.4) is 0 Å². The number of methoxy groups -OCH3 is 2.